The van der Waals surface area contributed by atoms with Crippen molar-refractivity contribution in [1.29, 1.82) is 0 Å². The summed E-state index contributed by atoms with van der Waals surface area (Å²) < 4.78 is 29.0. The minimum Gasteiger partial charge on any atom is -0.459 e. The third kappa shape index (κ3) is 7.25. The maximum atomic E-state index is 12.3. The van der Waals surface area contributed by atoms with Crippen molar-refractivity contribution in [3.05, 3.63) is 0 Å². The smallest absolute Gasteiger partial charge is 0.376 e. The number of hydrogen-bond donors (Lipinski definition) is 1. The molecule has 0 aliphatic rings. The summed E-state index contributed by atoms with van der Waals surface area (Å²) in [5, 5.41) is 9.38. The normalized spacial score (nSPS) is 14.9. The second kappa shape index (κ2) is 4.88. The predicted octanol–water partition coefficient (Wildman–Crippen LogP) is 1.98. The van der Waals surface area contributed by atoms with Crippen molar-refractivity contribution in [3.63, 3.8) is 0 Å². The Morgan fingerprint density at radius 2 is 1.80 bits per heavy atom. The number of aliphatic hydroxyl groups is 1. The Labute approximate surface area is 88.4 Å². The SMILES string of the molecule is CC(C)(C)CC(O)COC(=O)C(C)(F)F. The quantitative estimate of drug-likeness (QED) is 0.743. The summed E-state index contributed by atoms with van der Waals surface area (Å²) in [4.78, 5) is 10.7. The lowest BCUT2D eigenvalue weighted by atomic mass is 9.89. The molecule has 1 atom stereocenters. The Kier molecular flexibility index (Phi) is 4.65. The highest BCUT2D eigenvalue weighted by atomic mass is 19.3. The lowest BCUT2D eigenvalue weighted by molar-refractivity contribution is -0.172. The fraction of sp³-hybridized carbons (Fsp3) is 0.900. The first-order valence-electron chi connectivity index (χ1n) is 4.75. The topological polar surface area (TPSA) is 46.5 Å². The molecule has 0 aliphatic heterocycles. The van der Waals surface area contributed by atoms with Crippen LogP contribution in [0.4, 0.5) is 8.78 Å². The maximum absolute atomic E-state index is 12.3. The molecule has 0 aromatic rings. The van der Waals surface area contributed by atoms with Gasteiger partial charge in [-0.25, -0.2) is 4.79 Å². The molecule has 1 N–H and O–H groups in total. The van der Waals surface area contributed by atoms with Gasteiger partial charge in [-0.05, 0) is 11.8 Å². The average molecular weight is 224 g/mol. The van der Waals surface area contributed by atoms with E-state index < -0.39 is 18.0 Å². The number of aliphatic hydroxyl groups excluding tert-OH is 1. The van der Waals surface area contributed by atoms with Crippen LogP contribution in [0.3, 0.4) is 0 Å². The number of carbonyl (C=O) groups is 1. The van der Waals surface area contributed by atoms with E-state index in [2.05, 4.69) is 4.74 Å². The Balaban J connectivity index is 3.92. The number of hydrogen-bond acceptors (Lipinski definition) is 3. The van der Waals surface area contributed by atoms with Gasteiger partial charge in [0.15, 0.2) is 0 Å². The minimum atomic E-state index is -3.50. The van der Waals surface area contributed by atoms with Gasteiger partial charge in [0.1, 0.15) is 6.61 Å². The predicted molar refractivity (Wildman–Crippen MR) is 51.7 cm³/mol. The number of esters is 1. The fourth-order valence-electron chi connectivity index (χ4n) is 1.06. The van der Waals surface area contributed by atoms with Gasteiger partial charge >= 0.3 is 11.9 Å². The Bertz CT molecular complexity index is 216. The van der Waals surface area contributed by atoms with Crippen LogP contribution in [0, 0.1) is 5.41 Å². The van der Waals surface area contributed by atoms with Crippen molar-refractivity contribution in [2.45, 2.75) is 46.1 Å². The van der Waals surface area contributed by atoms with Gasteiger partial charge in [-0.2, -0.15) is 8.78 Å². The lowest BCUT2D eigenvalue weighted by Crippen LogP contribution is -2.31. The molecule has 0 rings (SSSR count). The standard InChI is InChI=1S/C10H18F2O3/c1-9(2,3)5-7(13)6-15-8(14)10(4,11)12/h7,13H,5-6H2,1-4H3. The average Bonchev–Trinajstić information content (AvgIpc) is 1.94. The molecule has 15 heavy (non-hydrogen) atoms. The molecule has 0 aliphatic carbocycles. The van der Waals surface area contributed by atoms with Crippen LogP contribution >= 0.6 is 0 Å². The number of rotatable bonds is 4. The molecule has 0 fully saturated rings. The number of ether oxygens (including phenoxy) is 1. The highest BCUT2D eigenvalue weighted by Crippen LogP contribution is 2.21. The van der Waals surface area contributed by atoms with E-state index in [1.54, 1.807) is 0 Å². The van der Waals surface area contributed by atoms with Gasteiger partial charge in [-0.1, -0.05) is 20.8 Å². The molecular weight excluding hydrogens is 206 g/mol. The van der Waals surface area contributed by atoms with Gasteiger partial charge in [0.05, 0.1) is 6.10 Å². The molecule has 0 radical (unpaired) electrons. The van der Waals surface area contributed by atoms with E-state index in [1.165, 1.54) is 0 Å². The van der Waals surface area contributed by atoms with Gasteiger partial charge in [-0.15, -0.1) is 0 Å². The molecule has 5 heteroatoms. The molecule has 0 bridgehead atoms. The number of halogens is 2. The van der Waals surface area contributed by atoms with Crippen molar-refractivity contribution in [2.75, 3.05) is 6.61 Å². The summed E-state index contributed by atoms with van der Waals surface area (Å²) in [6, 6.07) is 0. The molecule has 0 amide bonds. The molecular formula is C10H18F2O3. The van der Waals surface area contributed by atoms with Crippen molar-refractivity contribution in [2.24, 2.45) is 5.41 Å². The van der Waals surface area contributed by atoms with Gasteiger partial charge in [0.2, 0.25) is 0 Å². The molecule has 90 valence electrons. The van der Waals surface area contributed by atoms with E-state index in [1.807, 2.05) is 20.8 Å². The van der Waals surface area contributed by atoms with Crippen molar-refractivity contribution in [3.8, 4) is 0 Å². The first-order chi connectivity index (χ1) is 6.52. The molecule has 0 spiro atoms. The van der Waals surface area contributed by atoms with Crippen molar-refractivity contribution < 1.29 is 23.4 Å². The van der Waals surface area contributed by atoms with Gasteiger partial charge in [0.25, 0.3) is 0 Å². The minimum absolute atomic E-state index is 0.138. The molecule has 0 saturated heterocycles. The number of carbonyl (C=O) groups excluding carboxylic acids is 1. The van der Waals surface area contributed by atoms with Crippen LogP contribution in [0.5, 0.6) is 0 Å². The Morgan fingerprint density at radius 3 is 2.13 bits per heavy atom. The number of alkyl halides is 2. The van der Waals surface area contributed by atoms with E-state index in [0.29, 0.717) is 13.3 Å². The third-order valence-electron chi connectivity index (χ3n) is 1.61. The van der Waals surface area contributed by atoms with Gasteiger partial charge in [-0.3, -0.25) is 0 Å². The van der Waals surface area contributed by atoms with Crippen LogP contribution in [0.2, 0.25) is 0 Å². The molecule has 0 aromatic heterocycles. The van der Waals surface area contributed by atoms with Crippen LogP contribution in [0.1, 0.15) is 34.1 Å². The van der Waals surface area contributed by atoms with E-state index in [0.717, 1.165) is 0 Å². The summed E-state index contributed by atoms with van der Waals surface area (Å²) in [5.74, 6) is -5.10. The Hall–Kier alpha value is -0.710. The monoisotopic (exact) mass is 224 g/mol. The summed E-state index contributed by atoms with van der Waals surface area (Å²) in [6.45, 7) is 5.76. The summed E-state index contributed by atoms with van der Waals surface area (Å²) in [5.41, 5.74) is -0.138. The summed E-state index contributed by atoms with van der Waals surface area (Å²) in [6.07, 6.45) is -0.522. The highest BCUT2D eigenvalue weighted by molar-refractivity contribution is 5.76. The van der Waals surface area contributed by atoms with Gasteiger partial charge in [0, 0.05) is 6.92 Å². The van der Waals surface area contributed by atoms with Crippen LogP contribution in [-0.4, -0.2) is 29.7 Å². The van der Waals surface area contributed by atoms with E-state index in [-0.39, 0.29) is 12.0 Å². The van der Waals surface area contributed by atoms with Crippen molar-refractivity contribution in [1.82, 2.24) is 0 Å². The zero-order chi connectivity index (χ0) is 12.3. The lowest BCUT2D eigenvalue weighted by Gasteiger charge is -2.22. The van der Waals surface area contributed by atoms with E-state index in [9.17, 15) is 18.7 Å². The van der Waals surface area contributed by atoms with E-state index >= 15 is 0 Å². The first kappa shape index (κ1) is 14.3. The fourth-order valence-corrected chi connectivity index (χ4v) is 1.06. The molecule has 1 unspecified atom stereocenters. The van der Waals surface area contributed by atoms with E-state index in [4.69, 9.17) is 0 Å². The molecule has 0 aromatic carbocycles. The first-order valence-corrected chi connectivity index (χ1v) is 4.75. The third-order valence-corrected chi connectivity index (χ3v) is 1.61. The highest BCUT2D eigenvalue weighted by Gasteiger charge is 2.34. The zero-order valence-electron chi connectivity index (χ0n) is 9.51. The van der Waals surface area contributed by atoms with Gasteiger partial charge < -0.3 is 9.84 Å². The summed E-state index contributed by atoms with van der Waals surface area (Å²) >= 11 is 0. The van der Waals surface area contributed by atoms with Crippen molar-refractivity contribution >= 4 is 5.97 Å². The largest absolute Gasteiger partial charge is 0.459 e. The Morgan fingerprint density at radius 1 is 1.33 bits per heavy atom. The van der Waals surface area contributed by atoms with Crippen LogP contribution in [-0.2, 0) is 9.53 Å². The summed E-state index contributed by atoms with van der Waals surface area (Å²) in [7, 11) is 0. The van der Waals surface area contributed by atoms with Crippen LogP contribution in [0.15, 0.2) is 0 Å². The molecule has 0 saturated carbocycles. The molecule has 0 heterocycles. The molecule has 3 nitrogen and oxygen atoms in total. The maximum Gasteiger partial charge on any atom is 0.376 e. The second-order valence-electron chi connectivity index (χ2n) is 4.91. The second-order valence-corrected chi connectivity index (χ2v) is 4.91. The van der Waals surface area contributed by atoms with Crippen LogP contribution < -0.4 is 0 Å². The van der Waals surface area contributed by atoms with Crippen LogP contribution in [0.25, 0.3) is 0 Å². The zero-order valence-corrected chi connectivity index (χ0v) is 9.51.